The summed E-state index contributed by atoms with van der Waals surface area (Å²) in [7, 11) is 0. The first-order chi connectivity index (χ1) is 10.1. The molecule has 1 aromatic rings. The first-order valence-electron chi connectivity index (χ1n) is 7.34. The van der Waals surface area contributed by atoms with Crippen molar-refractivity contribution in [1.29, 1.82) is 0 Å². The van der Waals surface area contributed by atoms with Gasteiger partial charge in [0.25, 0.3) is 5.91 Å². The molecule has 0 saturated carbocycles. The molecule has 1 aromatic heterocycles. The lowest BCUT2D eigenvalue weighted by Gasteiger charge is -2.27. The molecule has 0 bridgehead atoms. The van der Waals surface area contributed by atoms with Crippen LogP contribution in [0.3, 0.4) is 0 Å². The zero-order chi connectivity index (χ0) is 14.8. The largest absolute Gasteiger partial charge is 0.478 e. The van der Waals surface area contributed by atoms with E-state index >= 15 is 0 Å². The SMILES string of the molecule is O=C(O)c1coc(C(=O)N2CCC(C3CCOCC3)C2)c1. The lowest BCUT2D eigenvalue weighted by Crippen LogP contribution is -2.31. The number of ether oxygens (including phenoxy) is 1. The van der Waals surface area contributed by atoms with Crippen molar-refractivity contribution in [3.63, 3.8) is 0 Å². The van der Waals surface area contributed by atoms with Crippen molar-refractivity contribution >= 4 is 11.9 Å². The van der Waals surface area contributed by atoms with Crippen LogP contribution in [0, 0.1) is 11.8 Å². The van der Waals surface area contributed by atoms with Crippen LogP contribution >= 0.6 is 0 Å². The Hall–Kier alpha value is -1.82. The van der Waals surface area contributed by atoms with Gasteiger partial charge in [-0.2, -0.15) is 0 Å². The van der Waals surface area contributed by atoms with E-state index in [0.717, 1.165) is 45.3 Å². The maximum absolute atomic E-state index is 12.3. The number of furan rings is 1. The number of carboxylic acid groups (broad SMARTS) is 1. The number of hydrogen-bond donors (Lipinski definition) is 1. The molecule has 0 spiro atoms. The van der Waals surface area contributed by atoms with Crippen molar-refractivity contribution in [3.8, 4) is 0 Å². The summed E-state index contributed by atoms with van der Waals surface area (Å²) in [5.41, 5.74) is 0.0125. The molecule has 0 aliphatic carbocycles. The van der Waals surface area contributed by atoms with Gasteiger partial charge in [-0.3, -0.25) is 4.79 Å². The maximum atomic E-state index is 12.3. The molecular formula is C15H19NO5. The fourth-order valence-corrected chi connectivity index (χ4v) is 3.26. The van der Waals surface area contributed by atoms with Gasteiger partial charge in [0.15, 0.2) is 5.76 Å². The first-order valence-corrected chi connectivity index (χ1v) is 7.34. The summed E-state index contributed by atoms with van der Waals surface area (Å²) in [5, 5.41) is 8.86. The zero-order valence-electron chi connectivity index (χ0n) is 11.8. The van der Waals surface area contributed by atoms with Crippen molar-refractivity contribution < 1.29 is 23.8 Å². The maximum Gasteiger partial charge on any atom is 0.338 e. The molecule has 1 amide bonds. The molecule has 114 valence electrons. The predicted octanol–water partition coefficient (Wildman–Crippen LogP) is 1.87. The number of nitrogens with zero attached hydrogens (tertiary/aromatic N) is 1. The van der Waals surface area contributed by atoms with Gasteiger partial charge in [0.1, 0.15) is 6.26 Å². The van der Waals surface area contributed by atoms with Gasteiger partial charge in [-0.05, 0) is 31.1 Å². The van der Waals surface area contributed by atoms with E-state index < -0.39 is 5.97 Å². The molecular weight excluding hydrogens is 274 g/mol. The van der Waals surface area contributed by atoms with Crippen molar-refractivity contribution in [2.24, 2.45) is 11.8 Å². The van der Waals surface area contributed by atoms with Gasteiger partial charge in [0.2, 0.25) is 0 Å². The minimum Gasteiger partial charge on any atom is -0.478 e. The normalized spacial score (nSPS) is 23.4. The summed E-state index contributed by atoms with van der Waals surface area (Å²) in [6.45, 7) is 3.07. The van der Waals surface area contributed by atoms with Gasteiger partial charge < -0.3 is 19.2 Å². The van der Waals surface area contributed by atoms with Crippen molar-refractivity contribution in [2.45, 2.75) is 19.3 Å². The van der Waals surface area contributed by atoms with E-state index in [1.165, 1.54) is 6.07 Å². The highest BCUT2D eigenvalue weighted by Crippen LogP contribution is 2.31. The number of carboxylic acids is 1. The van der Waals surface area contributed by atoms with Crippen LogP contribution in [0.1, 0.15) is 40.2 Å². The number of hydrogen-bond acceptors (Lipinski definition) is 4. The highest BCUT2D eigenvalue weighted by molar-refractivity contribution is 5.95. The van der Waals surface area contributed by atoms with Gasteiger partial charge in [0.05, 0.1) is 5.56 Å². The van der Waals surface area contributed by atoms with Gasteiger partial charge in [-0.1, -0.05) is 0 Å². The Bertz CT molecular complexity index is 532. The van der Waals surface area contributed by atoms with Gasteiger partial charge in [-0.25, -0.2) is 4.79 Å². The lowest BCUT2D eigenvalue weighted by atomic mass is 9.85. The van der Waals surface area contributed by atoms with Crippen molar-refractivity contribution in [3.05, 3.63) is 23.7 Å². The van der Waals surface area contributed by atoms with E-state index in [-0.39, 0.29) is 17.2 Å². The van der Waals surface area contributed by atoms with Crippen LogP contribution in [0.2, 0.25) is 0 Å². The summed E-state index contributed by atoms with van der Waals surface area (Å²) in [6.07, 6.45) is 4.25. The summed E-state index contributed by atoms with van der Waals surface area (Å²) in [6, 6.07) is 1.30. The second-order valence-corrected chi connectivity index (χ2v) is 5.75. The Morgan fingerprint density at radius 1 is 1.19 bits per heavy atom. The van der Waals surface area contributed by atoms with Crippen LogP contribution in [-0.4, -0.2) is 48.2 Å². The number of carbonyl (C=O) groups is 2. The van der Waals surface area contributed by atoms with E-state index in [0.29, 0.717) is 18.4 Å². The predicted molar refractivity (Wildman–Crippen MR) is 73.2 cm³/mol. The molecule has 1 N–H and O–H groups in total. The average molecular weight is 293 g/mol. The third kappa shape index (κ3) is 2.95. The van der Waals surface area contributed by atoms with Crippen LogP contribution in [0.5, 0.6) is 0 Å². The number of likely N-dealkylation sites (tertiary alicyclic amines) is 1. The minimum atomic E-state index is -1.08. The fourth-order valence-electron chi connectivity index (χ4n) is 3.26. The lowest BCUT2D eigenvalue weighted by molar-refractivity contribution is 0.0469. The number of aromatic carboxylic acids is 1. The highest BCUT2D eigenvalue weighted by atomic mass is 16.5. The molecule has 2 aliphatic heterocycles. The Kier molecular flexibility index (Phi) is 3.96. The monoisotopic (exact) mass is 293 g/mol. The van der Waals surface area contributed by atoms with Crippen LogP contribution in [0.25, 0.3) is 0 Å². The number of carbonyl (C=O) groups excluding carboxylic acids is 1. The minimum absolute atomic E-state index is 0.0125. The topological polar surface area (TPSA) is 80.0 Å². The Morgan fingerprint density at radius 3 is 2.62 bits per heavy atom. The van der Waals surface area contributed by atoms with Crippen LogP contribution < -0.4 is 0 Å². The van der Waals surface area contributed by atoms with Crippen LogP contribution in [0.15, 0.2) is 16.7 Å². The van der Waals surface area contributed by atoms with E-state index in [4.69, 9.17) is 14.3 Å². The van der Waals surface area contributed by atoms with Gasteiger partial charge in [0, 0.05) is 32.4 Å². The molecule has 2 saturated heterocycles. The quantitative estimate of drug-likeness (QED) is 0.920. The molecule has 3 heterocycles. The highest BCUT2D eigenvalue weighted by Gasteiger charge is 2.34. The third-order valence-electron chi connectivity index (χ3n) is 4.50. The fraction of sp³-hybridized carbons (Fsp3) is 0.600. The summed E-state index contributed by atoms with van der Waals surface area (Å²) in [4.78, 5) is 24.9. The van der Waals surface area contributed by atoms with Gasteiger partial charge in [-0.15, -0.1) is 0 Å². The van der Waals surface area contributed by atoms with E-state index in [9.17, 15) is 9.59 Å². The molecule has 2 fully saturated rings. The summed E-state index contributed by atoms with van der Waals surface area (Å²) in [5.74, 6) is -0.0362. The Labute approximate surface area is 122 Å². The summed E-state index contributed by atoms with van der Waals surface area (Å²) >= 11 is 0. The Balaban J connectivity index is 1.62. The molecule has 6 nitrogen and oxygen atoms in total. The van der Waals surface area contributed by atoms with Crippen LogP contribution in [0.4, 0.5) is 0 Å². The molecule has 1 atom stereocenters. The zero-order valence-corrected chi connectivity index (χ0v) is 11.8. The molecule has 0 aromatic carbocycles. The molecule has 6 heteroatoms. The molecule has 2 aliphatic rings. The van der Waals surface area contributed by atoms with E-state index in [2.05, 4.69) is 0 Å². The van der Waals surface area contributed by atoms with Gasteiger partial charge >= 0.3 is 5.97 Å². The van der Waals surface area contributed by atoms with Crippen molar-refractivity contribution in [1.82, 2.24) is 4.90 Å². The smallest absolute Gasteiger partial charge is 0.338 e. The number of rotatable bonds is 3. The summed E-state index contributed by atoms with van der Waals surface area (Å²) < 4.78 is 10.5. The van der Waals surface area contributed by atoms with Crippen LogP contribution in [-0.2, 0) is 4.74 Å². The third-order valence-corrected chi connectivity index (χ3v) is 4.50. The molecule has 3 rings (SSSR count). The number of amides is 1. The van der Waals surface area contributed by atoms with E-state index in [1.807, 2.05) is 0 Å². The average Bonchev–Trinajstić information content (AvgIpc) is 3.17. The molecule has 0 radical (unpaired) electrons. The molecule has 1 unspecified atom stereocenters. The second-order valence-electron chi connectivity index (χ2n) is 5.75. The Morgan fingerprint density at radius 2 is 1.95 bits per heavy atom. The van der Waals surface area contributed by atoms with Crippen molar-refractivity contribution in [2.75, 3.05) is 26.3 Å². The first kappa shape index (κ1) is 14.1. The molecule has 21 heavy (non-hydrogen) atoms. The second kappa shape index (κ2) is 5.89. The van der Waals surface area contributed by atoms with E-state index in [1.54, 1.807) is 4.90 Å². The standard InChI is InChI=1S/C15H19NO5/c17-14(13-7-12(9-21-13)15(18)19)16-4-1-11(8-16)10-2-5-20-6-3-10/h7,9-11H,1-6,8H2,(H,18,19).